The molecule has 0 aliphatic carbocycles. The number of anilines is 1. The summed E-state index contributed by atoms with van der Waals surface area (Å²) in [6.07, 6.45) is 7.36. The number of nitrogens with zero attached hydrogens (tertiary/aromatic N) is 3. The van der Waals surface area contributed by atoms with Gasteiger partial charge in [0, 0.05) is 31.0 Å². The first-order valence-corrected chi connectivity index (χ1v) is 10.9. The van der Waals surface area contributed by atoms with Crippen molar-refractivity contribution in [1.82, 2.24) is 14.7 Å². The molecule has 1 saturated heterocycles. The molecule has 1 amide bonds. The maximum absolute atomic E-state index is 12.6. The van der Waals surface area contributed by atoms with E-state index < -0.39 is 0 Å². The Morgan fingerprint density at radius 2 is 2.07 bits per heavy atom. The van der Waals surface area contributed by atoms with Crippen LogP contribution in [0.3, 0.4) is 0 Å². The van der Waals surface area contributed by atoms with Gasteiger partial charge in [-0.1, -0.05) is 56.0 Å². The predicted octanol–water partition coefficient (Wildman–Crippen LogP) is 4.10. The average molecular weight is 387 g/mol. The highest BCUT2D eigenvalue weighted by Crippen LogP contribution is 2.27. The first-order chi connectivity index (χ1) is 13.2. The maximum Gasteiger partial charge on any atom is 0.242 e. The summed E-state index contributed by atoms with van der Waals surface area (Å²) >= 11 is 1.41. The number of nitrogens with one attached hydrogen (secondary N) is 1. The molecule has 0 bridgehead atoms. The van der Waals surface area contributed by atoms with Gasteiger partial charge in [0.2, 0.25) is 11.0 Å². The lowest BCUT2D eigenvalue weighted by Crippen LogP contribution is -2.43. The van der Waals surface area contributed by atoms with E-state index in [4.69, 9.17) is 4.98 Å². The first kappa shape index (κ1) is 19.8. The molecule has 1 N–H and O–H groups in total. The largest absolute Gasteiger partial charge is 0.354 e. The van der Waals surface area contributed by atoms with Crippen LogP contribution in [0.15, 0.2) is 24.3 Å². The minimum absolute atomic E-state index is 0.101. The Bertz CT molecular complexity index is 728. The van der Waals surface area contributed by atoms with Gasteiger partial charge in [-0.25, -0.2) is 4.98 Å². The van der Waals surface area contributed by atoms with Gasteiger partial charge in [-0.2, -0.15) is 4.37 Å². The Morgan fingerprint density at radius 3 is 2.85 bits per heavy atom. The molecule has 2 aromatic rings. The van der Waals surface area contributed by atoms with E-state index in [1.165, 1.54) is 41.9 Å². The van der Waals surface area contributed by atoms with Crippen molar-refractivity contribution in [3.05, 3.63) is 41.2 Å². The van der Waals surface area contributed by atoms with E-state index in [-0.39, 0.29) is 11.9 Å². The number of aromatic nitrogens is 2. The number of benzene rings is 1. The van der Waals surface area contributed by atoms with Gasteiger partial charge in [0.05, 0.1) is 0 Å². The molecule has 0 saturated carbocycles. The van der Waals surface area contributed by atoms with Gasteiger partial charge < -0.3 is 10.2 Å². The van der Waals surface area contributed by atoms with Gasteiger partial charge in [0.15, 0.2) is 0 Å². The molecule has 3 rings (SSSR count). The zero-order valence-electron chi connectivity index (χ0n) is 16.4. The SMILES string of the molecule is CCCCCCNC(=O)[C@@H]1CCCN1c1nc(Cc2ccc(C)cc2)ns1. The minimum Gasteiger partial charge on any atom is -0.354 e. The van der Waals surface area contributed by atoms with E-state index in [0.717, 1.165) is 49.7 Å². The second-order valence-corrected chi connectivity index (χ2v) is 8.09. The normalized spacial score (nSPS) is 16.7. The lowest BCUT2D eigenvalue weighted by atomic mass is 10.1. The Morgan fingerprint density at radius 1 is 1.26 bits per heavy atom. The van der Waals surface area contributed by atoms with Crippen LogP contribution in [-0.4, -0.2) is 34.4 Å². The fourth-order valence-electron chi connectivity index (χ4n) is 3.47. The van der Waals surface area contributed by atoms with Crippen LogP contribution in [-0.2, 0) is 11.2 Å². The zero-order valence-corrected chi connectivity index (χ0v) is 17.2. The first-order valence-electron chi connectivity index (χ1n) is 10.1. The monoisotopic (exact) mass is 386 g/mol. The molecule has 1 atom stereocenters. The third kappa shape index (κ3) is 5.51. The molecule has 6 heteroatoms. The summed E-state index contributed by atoms with van der Waals surface area (Å²) in [6, 6.07) is 8.38. The molecular weight excluding hydrogens is 356 g/mol. The molecule has 1 aromatic carbocycles. The van der Waals surface area contributed by atoms with E-state index in [1.807, 2.05) is 0 Å². The lowest BCUT2D eigenvalue weighted by Gasteiger charge is -2.22. The van der Waals surface area contributed by atoms with E-state index in [2.05, 4.69) is 52.7 Å². The molecule has 146 valence electrons. The smallest absolute Gasteiger partial charge is 0.242 e. The summed E-state index contributed by atoms with van der Waals surface area (Å²) < 4.78 is 4.53. The highest BCUT2D eigenvalue weighted by atomic mass is 32.1. The minimum atomic E-state index is -0.101. The van der Waals surface area contributed by atoms with Crippen LogP contribution in [0.1, 0.15) is 62.4 Å². The van der Waals surface area contributed by atoms with Crippen molar-refractivity contribution in [3.63, 3.8) is 0 Å². The zero-order chi connectivity index (χ0) is 19.1. The summed E-state index contributed by atoms with van der Waals surface area (Å²) in [5.41, 5.74) is 2.47. The summed E-state index contributed by atoms with van der Waals surface area (Å²) in [4.78, 5) is 19.4. The van der Waals surface area contributed by atoms with Crippen LogP contribution in [0, 0.1) is 6.92 Å². The van der Waals surface area contributed by atoms with Gasteiger partial charge in [-0.3, -0.25) is 4.79 Å². The van der Waals surface area contributed by atoms with Crippen LogP contribution in [0.25, 0.3) is 0 Å². The lowest BCUT2D eigenvalue weighted by molar-refractivity contribution is -0.122. The molecule has 1 aromatic heterocycles. The van der Waals surface area contributed by atoms with Gasteiger partial charge >= 0.3 is 0 Å². The van der Waals surface area contributed by atoms with E-state index in [0.29, 0.717) is 0 Å². The maximum atomic E-state index is 12.6. The van der Waals surface area contributed by atoms with Crippen molar-refractivity contribution < 1.29 is 4.79 Å². The third-order valence-corrected chi connectivity index (χ3v) is 5.86. The molecule has 0 spiro atoms. The van der Waals surface area contributed by atoms with Crippen molar-refractivity contribution in [3.8, 4) is 0 Å². The number of hydrogen-bond acceptors (Lipinski definition) is 5. The number of unbranched alkanes of at least 4 members (excludes halogenated alkanes) is 3. The van der Waals surface area contributed by atoms with Gasteiger partial charge in [-0.15, -0.1) is 0 Å². The molecule has 2 heterocycles. The van der Waals surface area contributed by atoms with Crippen LogP contribution in [0.2, 0.25) is 0 Å². The Balaban J connectivity index is 1.56. The second-order valence-electron chi connectivity index (χ2n) is 7.36. The number of rotatable bonds is 9. The van der Waals surface area contributed by atoms with Gasteiger partial charge in [-0.05, 0) is 31.7 Å². The predicted molar refractivity (Wildman–Crippen MR) is 111 cm³/mol. The number of carbonyl (C=O) groups is 1. The van der Waals surface area contributed by atoms with Crippen molar-refractivity contribution in [2.75, 3.05) is 18.0 Å². The molecule has 27 heavy (non-hydrogen) atoms. The van der Waals surface area contributed by atoms with Crippen LogP contribution in [0.5, 0.6) is 0 Å². The highest BCUT2D eigenvalue weighted by molar-refractivity contribution is 7.09. The summed E-state index contributed by atoms with van der Waals surface area (Å²) in [5, 5.41) is 3.99. The second kappa shape index (κ2) is 9.83. The Labute approximate surface area is 166 Å². The van der Waals surface area contributed by atoms with Crippen LogP contribution in [0.4, 0.5) is 5.13 Å². The molecule has 0 unspecified atom stereocenters. The van der Waals surface area contributed by atoms with Gasteiger partial charge in [0.1, 0.15) is 11.9 Å². The number of amides is 1. The Kier molecular flexibility index (Phi) is 7.21. The molecule has 0 radical (unpaired) electrons. The Hall–Kier alpha value is -1.95. The molecule has 5 nitrogen and oxygen atoms in total. The highest BCUT2D eigenvalue weighted by Gasteiger charge is 2.32. The van der Waals surface area contributed by atoms with Crippen molar-refractivity contribution in [2.45, 2.75) is 64.8 Å². The summed E-state index contributed by atoms with van der Waals surface area (Å²) in [5.74, 6) is 0.976. The topological polar surface area (TPSA) is 58.1 Å². The summed E-state index contributed by atoms with van der Waals surface area (Å²) in [7, 11) is 0. The van der Waals surface area contributed by atoms with Crippen LogP contribution >= 0.6 is 11.5 Å². The fourth-order valence-corrected chi connectivity index (χ4v) is 4.23. The van der Waals surface area contributed by atoms with Gasteiger partial charge in [0.25, 0.3) is 0 Å². The number of hydrogen-bond donors (Lipinski definition) is 1. The van der Waals surface area contributed by atoms with E-state index >= 15 is 0 Å². The quantitative estimate of drug-likeness (QED) is 0.659. The third-order valence-electron chi connectivity index (χ3n) is 5.07. The fraction of sp³-hybridized carbons (Fsp3) is 0.571. The molecular formula is C21H30N4OS. The van der Waals surface area contributed by atoms with Crippen molar-refractivity contribution in [2.24, 2.45) is 0 Å². The van der Waals surface area contributed by atoms with E-state index in [1.54, 1.807) is 0 Å². The van der Waals surface area contributed by atoms with E-state index in [9.17, 15) is 4.79 Å². The number of aryl methyl sites for hydroxylation is 1. The van der Waals surface area contributed by atoms with Crippen molar-refractivity contribution >= 4 is 22.6 Å². The standard InChI is InChI=1S/C21H30N4OS/c1-3-4-5-6-13-22-20(26)18-8-7-14-25(18)21-23-19(24-27-21)15-17-11-9-16(2)10-12-17/h9-12,18H,3-8,13-15H2,1-2H3,(H,22,26)/t18-/m0/s1. The molecule has 1 fully saturated rings. The number of carbonyl (C=O) groups excluding carboxylic acids is 1. The average Bonchev–Trinajstić information content (AvgIpc) is 3.32. The molecule has 1 aliphatic heterocycles. The summed E-state index contributed by atoms with van der Waals surface area (Å²) in [6.45, 7) is 5.94. The van der Waals surface area contributed by atoms with Crippen molar-refractivity contribution in [1.29, 1.82) is 0 Å². The van der Waals surface area contributed by atoms with Crippen LogP contribution < -0.4 is 10.2 Å². The molecule has 1 aliphatic rings.